The van der Waals surface area contributed by atoms with Gasteiger partial charge in [-0.1, -0.05) is 6.07 Å². The minimum atomic E-state index is -0.745. The molecule has 1 N–H and O–H groups in total. The zero-order valence-corrected chi connectivity index (χ0v) is 11.4. The monoisotopic (exact) mass is 250 g/mol. The summed E-state index contributed by atoms with van der Waals surface area (Å²) in [5.41, 5.74) is 1.17. The molecule has 0 atom stereocenters. The van der Waals surface area contributed by atoms with E-state index in [4.69, 9.17) is 5.11 Å². The summed E-state index contributed by atoms with van der Waals surface area (Å²) < 4.78 is 0. The molecular weight excluding hydrogens is 228 g/mol. The molecule has 100 valence electrons. The van der Waals surface area contributed by atoms with E-state index < -0.39 is 5.97 Å². The van der Waals surface area contributed by atoms with E-state index in [-0.39, 0.29) is 12.0 Å². The lowest BCUT2D eigenvalue weighted by Crippen LogP contribution is -2.43. The highest BCUT2D eigenvalue weighted by molar-refractivity contribution is 5.66. The van der Waals surface area contributed by atoms with Crippen LogP contribution in [0.15, 0.2) is 24.5 Å². The number of nitrogens with zero attached hydrogens (tertiary/aromatic N) is 2. The molecule has 4 heteroatoms. The maximum absolute atomic E-state index is 10.7. The predicted octanol–water partition coefficient (Wildman–Crippen LogP) is 2.20. The molecule has 0 saturated carbocycles. The molecule has 0 spiro atoms. The maximum Gasteiger partial charge on any atom is 0.304 e. The normalized spacial score (nSPS) is 11.8. The number of aromatic nitrogens is 1. The molecular formula is C14H22N2O2. The smallest absolute Gasteiger partial charge is 0.304 e. The van der Waals surface area contributed by atoms with E-state index in [0.29, 0.717) is 6.54 Å². The summed E-state index contributed by atoms with van der Waals surface area (Å²) in [7, 11) is 0. The largest absolute Gasteiger partial charge is 0.481 e. The third kappa shape index (κ3) is 5.27. The quantitative estimate of drug-likeness (QED) is 0.841. The Morgan fingerprint density at radius 2 is 2.11 bits per heavy atom. The molecule has 0 unspecified atom stereocenters. The summed E-state index contributed by atoms with van der Waals surface area (Å²) in [6.07, 6.45) is 4.70. The van der Waals surface area contributed by atoms with Gasteiger partial charge in [-0.2, -0.15) is 0 Å². The first-order valence-corrected chi connectivity index (χ1v) is 6.25. The van der Waals surface area contributed by atoms with Crippen molar-refractivity contribution in [1.29, 1.82) is 0 Å². The number of carboxylic acid groups (broad SMARTS) is 1. The van der Waals surface area contributed by atoms with Crippen LogP contribution >= 0.6 is 0 Å². The van der Waals surface area contributed by atoms with Gasteiger partial charge in [0.25, 0.3) is 0 Å². The molecule has 0 fully saturated rings. The van der Waals surface area contributed by atoms with Crippen LogP contribution in [0.4, 0.5) is 0 Å². The first-order valence-electron chi connectivity index (χ1n) is 6.25. The lowest BCUT2D eigenvalue weighted by Gasteiger charge is -2.35. The summed E-state index contributed by atoms with van der Waals surface area (Å²) in [6, 6.07) is 3.97. The number of pyridine rings is 1. The van der Waals surface area contributed by atoms with Gasteiger partial charge in [-0.15, -0.1) is 0 Å². The number of hydrogen-bond acceptors (Lipinski definition) is 3. The van der Waals surface area contributed by atoms with Gasteiger partial charge in [0.2, 0.25) is 0 Å². The molecule has 0 bridgehead atoms. The lowest BCUT2D eigenvalue weighted by molar-refractivity contribution is -0.137. The van der Waals surface area contributed by atoms with Crippen LogP contribution in [0.1, 0.15) is 32.8 Å². The van der Waals surface area contributed by atoms with Crippen molar-refractivity contribution in [3.05, 3.63) is 30.1 Å². The Balaban J connectivity index is 2.54. The average Bonchev–Trinajstić information content (AvgIpc) is 2.28. The summed E-state index contributed by atoms with van der Waals surface area (Å²) in [5, 5.41) is 8.78. The van der Waals surface area contributed by atoms with Gasteiger partial charge in [0.05, 0.1) is 6.42 Å². The number of carboxylic acids is 1. The third-order valence-electron chi connectivity index (χ3n) is 2.94. The Bertz CT molecular complexity index is 371. The van der Waals surface area contributed by atoms with Gasteiger partial charge >= 0.3 is 5.97 Å². The highest BCUT2D eigenvalue weighted by Crippen LogP contribution is 2.14. The molecule has 0 radical (unpaired) electrons. The van der Waals surface area contributed by atoms with E-state index in [1.165, 1.54) is 5.56 Å². The molecule has 0 aromatic carbocycles. The van der Waals surface area contributed by atoms with E-state index in [9.17, 15) is 4.79 Å². The molecule has 0 aliphatic heterocycles. The zero-order valence-electron chi connectivity index (χ0n) is 11.4. The highest BCUT2D eigenvalue weighted by atomic mass is 16.4. The predicted molar refractivity (Wildman–Crippen MR) is 71.5 cm³/mol. The van der Waals surface area contributed by atoms with Crippen LogP contribution in [-0.2, 0) is 11.2 Å². The molecule has 4 nitrogen and oxygen atoms in total. The second-order valence-corrected chi connectivity index (χ2v) is 5.41. The molecule has 0 aliphatic carbocycles. The van der Waals surface area contributed by atoms with Crippen molar-refractivity contribution in [2.24, 2.45) is 0 Å². The molecule has 18 heavy (non-hydrogen) atoms. The lowest BCUT2D eigenvalue weighted by atomic mass is 10.0. The van der Waals surface area contributed by atoms with Crippen LogP contribution in [0.5, 0.6) is 0 Å². The Hall–Kier alpha value is -1.42. The van der Waals surface area contributed by atoms with Crippen LogP contribution in [0, 0.1) is 0 Å². The minimum absolute atomic E-state index is 0.0162. The van der Waals surface area contributed by atoms with Gasteiger partial charge in [0.1, 0.15) is 0 Å². The highest BCUT2D eigenvalue weighted by Gasteiger charge is 2.21. The molecule has 0 amide bonds. The van der Waals surface area contributed by atoms with Crippen molar-refractivity contribution >= 4 is 5.97 Å². The Labute approximate surface area is 109 Å². The van der Waals surface area contributed by atoms with Crippen LogP contribution in [-0.4, -0.2) is 39.6 Å². The summed E-state index contributed by atoms with van der Waals surface area (Å²) in [5.74, 6) is -0.745. The van der Waals surface area contributed by atoms with Crippen LogP contribution in [0.25, 0.3) is 0 Å². The molecule has 1 aromatic heterocycles. The first-order chi connectivity index (χ1) is 8.39. The summed E-state index contributed by atoms with van der Waals surface area (Å²) >= 11 is 0. The van der Waals surface area contributed by atoms with Crippen molar-refractivity contribution in [1.82, 2.24) is 9.88 Å². The van der Waals surface area contributed by atoms with Gasteiger partial charge in [-0.3, -0.25) is 14.7 Å². The maximum atomic E-state index is 10.7. The van der Waals surface area contributed by atoms with Gasteiger partial charge in [-0.05, 0) is 38.8 Å². The van der Waals surface area contributed by atoms with Gasteiger partial charge in [0, 0.05) is 31.0 Å². The Morgan fingerprint density at radius 1 is 1.39 bits per heavy atom. The second kappa shape index (κ2) is 6.50. The molecule has 0 saturated heterocycles. The number of hydrogen-bond donors (Lipinski definition) is 1. The van der Waals surface area contributed by atoms with E-state index >= 15 is 0 Å². The standard InChI is InChI=1S/C14H22N2O2/c1-14(2,3)16(10-7-13(17)18)9-6-12-5-4-8-15-11-12/h4-5,8,11H,6-7,9-10H2,1-3H3,(H,17,18). The minimum Gasteiger partial charge on any atom is -0.481 e. The summed E-state index contributed by atoms with van der Waals surface area (Å²) in [6.45, 7) is 7.76. The van der Waals surface area contributed by atoms with Crippen LogP contribution < -0.4 is 0 Å². The Kier molecular flexibility index (Phi) is 5.28. The fourth-order valence-electron chi connectivity index (χ4n) is 1.82. The van der Waals surface area contributed by atoms with Gasteiger partial charge in [0.15, 0.2) is 0 Å². The first kappa shape index (κ1) is 14.6. The van der Waals surface area contributed by atoms with Crippen molar-refractivity contribution in [3.63, 3.8) is 0 Å². The van der Waals surface area contributed by atoms with Gasteiger partial charge in [-0.25, -0.2) is 0 Å². The SMILES string of the molecule is CC(C)(C)N(CCC(=O)O)CCc1cccnc1. The number of carbonyl (C=O) groups is 1. The Morgan fingerprint density at radius 3 is 2.61 bits per heavy atom. The van der Waals surface area contributed by atoms with Crippen molar-refractivity contribution in [2.45, 2.75) is 39.2 Å². The average molecular weight is 250 g/mol. The summed E-state index contributed by atoms with van der Waals surface area (Å²) in [4.78, 5) is 17.0. The fourth-order valence-corrected chi connectivity index (χ4v) is 1.82. The van der Waals surface area contributed by atoms with Crippen LogP contribution in [0.2, 0.25) is 0 Å². The number of aliphatic carboxylic acids is 1. The zero-order chi connectivity index (χ0) is 13.6. The molecule has 1 rings (SSSR count). The van der Waals surface area contributed by atoms with Gasteiger partial charge < -0.3 is 5.11 Å². The molecule has 1 heterocycles. The van der Waals surface area contributed by atoms with E-state index in [0.717, 1.165) is 13.0 Å². The number of rotatable bonds is 6. The van der Waals surface area contributed by atoms with Crippen molar-refractivity contribution in [2.75, 3.05) is 13.1 Å². The van der Waals surface area contributed by atoms with Crippen LogP contribution in [0.3, 0.4) is 0 Å². The van der Waals surface area contributed by atoms with E-state index in [2.05, 4.69) is 30.7 Å². The van der Waals surface area contributed by atoms with E-state index in [1.807, 2.05) is 18.3 Å². The molecule has 0 aliphatic rings. The van der Waals surface area contributed by atoms with Crippen molar-refractivity contribution in [3.8, 4) is 0 Å². The molecule has 1 aromatic rings. The van der Waals surface area contributed by atoms with E-state index in [1.54, 1.807) is 6.20 Å². The third-order valence-corrected chi connectivity index (χ3v) is 2.94. The topological polar surface area (TPSA) is 53.4 Å². The van der Waals surface area contributed by atoms with Crippen molar-refractivity contribution < 1.29 is 9.90 Å². The fraction of sp³-hybridized carbons (Fsp3) is 0.571. The second-order valence-electron chi connectivity index (χ2n) is 5.41.